The van der Waals surface area contributed by atoms with Crippen molar-refractivity contribution in [3.8, 4) is 17.1 Å². The number of halogens is 1. The van der Waals surface area contributed by atoms with E-state index < -0.39 is 5.54 Å². The predicted molar refractivity (Wildman–Crippen MR) is 113 cm³/mol. The number of aromatic amines is 1. The van der Waals surface area contributed by atoms with E-state index in [-0.39, 0.29) is 11.5 Å². The Morgan fingerprint density at radius 2 is 2.15 bits per heavy atom. The minimum absolute atomic E-state index is 0.127. The lowest BCUT2D eigenvalue weighted by Gasteiger charge is -2.20. The summed E-state index contributed by atoms with van der Waals surface area (Å²) < 4.78 is 5.74. The van der Waals surface area contributed by atoms with E-state index >= 15 is 0 Å². The van der Waals surface area contributed by atoms with Crippen LogP contribution in [0.5, 0.6) is 5.75 Å². The van der Waals surface area contributed by atoms with Gasteiger partial charge in [0.15, 0.2) is 10.6 Å². The van der Waals surface area contributed by atoms with Crippen LogP contribution in [0.3, 0.4) is 0 Å². The van der Waals surface area contributed by atoms with Crippen molar-refractivity contribution in [3.63, 3.8) is 0 Å². The highest BCUT2D eigenvalue weighted by Gasteiger charge is 2.16. The third kappa shape index (κ3) is 4.61. The van der Waals surface area contributed by atoms with Gasteiger partial charge in [-0.15, -0.1) is 11.3 Å². The molecule has 0 aliphatic carbocycles. The van der Waals surface area contributed by atoms with Gasteiger partial charge in [-0.2, -0.15) is 0 Å². The first-order chi connectivity index (χ1) is 12.6. The molecule has 0 saturated heterocycles. The number of fused-ring (bicyclic) bond motifs is 1. The Bertz CT molecular complexity index is 1020. The molecule has 0 amide bonds. The molecule has 1 aromatic carbocycles. The first-order valence-corrected chi connectivity index (χ1v) is 9.89. The topological polar surface area (TPSA) is 93.0 Å². The molecule has 4 N–H and O–H groups in total. The van der Waals surface area contributed by atoms with Crippen molar-refractivity contribution >= 4 is 39.0 Å². The van der Waals surface area contributed by atoms with Crippen LogP contribution in [0.15, 0.2) is 28.4 Å². The quantitative estimate of drug-likeness (QED) is 0.569. The number of pyridine rings is 1. The van der Waals surface area contributed by atoms with E-state index in [1.54, 1.807) is 12.1 Å². The minimum Gasteiger partial charge on any atom is -0.490 e. The standard InChI is InChI=1S/C19H23ClN4O2S/c1-10(2)22-18-24-13(8-27-18)12-7-14(25)11-5-6-15(16(20)17(11)23-12)26-9-19(3,4)21/h5-8,10H,9,21H2,1-4H3,(H,22,24)(H,23,25). The molecule has 2 heterocycles. The van der Waals surface area contributed by atoms with Crippen molar-refractivity contribution < 1.29 is 4.74 Å². The number of nitrogens with zero attached hydrogens (tertiary/aromatic N) is 1. The first kappa shape index (κ1) is 19.7. The number of hydrogen-bond donors (Lipinski definition) is 3. The number of ether oxygens (including phenoxy) is 1. The summed E-state index contributed by atoms with van der Waals surface area (Å²) in [6.45, 7) is 8.13. The molecule has 144 valence electrons. The largest absolute Gasteiger partial charge is 0.490 e. The summed E-state index contributed by atoms with van der Waals surface area (Å²) >= 11 is 8.00. The maximum atomic E-state index is 12.6. The number of benzene rings is 1. The molecule has 3 rings (SSSR count). The molecular weight excluding hydrogens is 384 g/mol. The first-order valence-electron chi connectivity index (χ1n) is 8.64. The number of nitrogens with one attached hydrogen (secondary N) is 2. The lowest BCUT2D eigenvalue weighted by Crippen LogP contribution is -2.38. The predicted octanol–water partition coefficient (Wildman–Crippen LogP) is 4.24. The third-order valence-corrected chi connectivity index (χ3v) is 4.85. The third-order valence-electron chi connectivity index (χ3n) is 3.70. The van der Waals surface area contributed by atoms with Gasteiger partial charge in [-0.3, -0.25) is 4.79 Å². The molecule has 6 nitrogen and oxygen atoms in total. The van der Waals surface area contributed by atoms with Crippen LogP contribution in [-0.4, -0.2) is 28.2 Å². The normalized spacial score (nSPS) is 12.0. The SMILES string of the molecule is CC(C)Nc1nc(-c2cc(=O)c3ccc(OCC(C)(C)N)c(Cl)c3[nH]2)cs1. The summed E-state index contributed by atoms with van der Waals surface area (Å²) in [5.74, 6) is 0.482. The van der Waals surface area contributed by atoms with E-state index in [1.165, 1.54) is 17.4 Å². The summed E-state index contributed by atoms with van der Waals surface area (Å²) in [7, 11) is 0. The van der Waals surface area contributed by atoms with Gasteiger partial charge >= 0.3 is 0 Å². The van der Waals surface area contributed by atoms with Gasteiger partial charge in [0, 0.05) is 28.4 Å². The molecule has 8 heteroatoms. The molecule has 0 spiro atoms. The zero-order valence-electron chi connectivity index (χ0n) is 15.7. The van der Waals surface area contributed by atoms with E-state index in [1.807, 2.05) is 33.1 Å². The minimum atomic E-state index is -0.492. The van der Waals surface area contributed by atoms with E-state index in [9.17, 15) is 4.79 Å². The Kier molecular flexibility index (Phi) is 5.46. The molecule has 0 bridgehead atoms. The van der Waals surface area contributed by atoms with Crippen molar-refractivity contribution in [2.75, 3.05) is 11.9 Å². The maximum absolute atomic E-state index is 12.6. The summed E-state index contributed by atoms with van der Waals surface area (Å²) in [6.07, 6.45) is 0. The number of hydrogen-bond acceptors (Lipinski definition) is 6. The van der Waals surface area contributed by atoms with E-state index in [2.05, 4.69) is 15.3 Å². The lowest BCUT2D eigenvalue weighted by molar-refractivity contribution is 0.244. The number of anilines is 1. The summed E-state index contributed by atoms with van der Waals surface area (Å²) in [4.78, 5) is 20.3. The molecule has 0 atom stereocenters. The lowest BCUT2D eigenvalue weighted by atomic mass is 10.1. The van der Waals surface area contributed by atoms with Crippen LogP contribution in [0.4, 0.5) is 5.13 Å². The highest BCUT2D eigenvalue weighted by molar-refractivity contribution is 7.14. The molecule has 0 aliphatic rings. The zero-order chi connectivity index (χ0) is 19.8. The summed E-state index contributed by atoms with van der Waals surface area (Å²) in [5.41, 5.74) is 7.17. The Balaban J connectivity index is 2.02. The molecule has 2 aromatic heterocycles. The Morgan fingerprint density at radius 3 is 2.81 bits per heavy atom. The molecule has 3 aromatic rings. The fraction of sp³-hybridized carbons (Fsp3) is 0.368. The van der Waals surface area contributed by atoms with Gasteiger partial charge in [-0.25, -0.2) is 4.98 Å². The number of thiazole rings is 1. The van der Waals surface area contributed by atoms with Crippen LogP contribution in [0.1, 0.15) is 27.7 Å². The van der Waals surface area contributed by atoms with E-state index in [4.69, 9.17) is 22.1 Å². The number of rotatable bonds is 6. The van der Waals surface area contributed by atoms with Crippen LogP contribution in [0, 0.1) is 0 Å². The highest BCUT2D eigenvalue weighted by Crippen LogP contribution is 2.32. The Hall–Kier alpha value is -2.09. The number of aromatic nitrogens is 2. The summed E-state index contributed by atoms with van der Waals surface area (Å²) in [6, 6.07) is 5.21. The second-order valence-electron chi connectivity index (χ2n) is 7.46. The average molecular weight is 407 g/mol. The van der Waals surface area contributed by atoms with Crippen LogP contribution in [-0.2, 0) is 0 Å². The van der Waals surface area contributed by atoms with Crippen LogP contribution < -0.4 is 21.2 Å². The van der Waals surface area contributed by atoms with Gasteiger partial charge in [0.05, 0.1) is 16.9 Å². The fourth-order valence-electron chi connectivity index (χ4n) is 2.49. The second kappa shape index (κ2) is 7.50. The van der Waals surface area contributed by atoms with Gasteiger partial charge in [0.1, 0.15) is 17.4 Å². The van der Waals surface area contributed by atoms with Crippen molar-refractivity contribution in [3.05, 3.63) is 38.8 Å². The van der Waals surface area contributed by atoms with Crippen molar-refractivity contribution in [1.82, 2.24) is 9.97 Å². The second-order valence-corrected chi connectivity index (χ2v) is 8.70. The highest BCUT2D eigenvalue weighted by atomic mass is 35.5. The molecule has 0 aliphatic heterocycles. The van der Waals surface area contributed by atoms with Crippen molar-refractivity contribution in [2.24, 2.45) is 5.73 Å². The monoisotopic (exact) mass is 406 g/mol. The Morgan fingerprint density at radius 1 is 1.41 bits per heavy atom. The maximum Gasteiger partial charge on any atom is 0.190 e. The van der Waals surface area contributed by atoms with Crippen LogP contribution in [0.25, 0.3) is 22.3 Å². The number of H-pyrrole nitrogens is 1. The number of nitrogens with two attached hydrogens (primary N) is 1. The van der Waals surface area contributed by atoms with Gasteiger partial charge < -0.3 is 20.8 Å². The molecule has 27 heavy (non-hydrogen) atoms. The molecule has 0 unspecified atom stereocenters. The zero-order valence-corrected chi connectivity index (χ0v) is 17.3. The molecule has 0 fully saturated rings. The summed E-state index contributed by atoms with van der Waals surface area (Å²) in [5, 5.41) is 6.80. The van der Waals surface area contributed by atoms with E-state index in [0.29, 0.717) is 39.7 Å². The average Bonchev–Trinajstić information content (AvgIpc) is 3.01. The smallest absolute Gasteiger partial charge is 0.190 e. The van der Waals surface area contributed by atoms with Crippen LogP contribution >= 0.6 is 22.9 Å². The molecule has 0 radical (unpaired) electrons. The molecule has 0 saturated carbocycles. The Labute approximate surface area is 166 Å². The van der Waals surface area contributed by atoms with Crippen molar-refractivity contribution in [2.45, 2.75) is 39.3 Å². The van der Waals surface area contributed by atoms with Crippen molar-refractivity contribution in [1.29, 1.82) is 0 Å². The van der Waals surface area contributed by atoms with E-state index in [0.717, 1.165) is 5.13 Å². The van der Waals surface area contributed by atoms with Gasteiger partial charge in [-0.1, -0.05) is 11.6 Å². The van der Waals surface area contributed by atoms with Gasteiger partial charge in [0.2, 0.25) is 0 Å². The fourth-order valence-corrected chi connectivity index (χ4v) is 3.61. The molecular formula is C19H23ClN4O2S. The van der Waals surface area contributed by atoms with Crippen LogP contribution in [0.2, 0.25) is 5.02 Å². The van der Waals surface area contributed by atoms with Gasteiger partial charge in [0.25, 0.3) is 0 Å². The van der Waals surface area contributed by atoms with Gasteiger partial charge in [-0.05, 0) is 39.8 Å².